The van der Waals surface area contributed by atoms with E-state index in [4.69, 9.17) is 4.52 Å². The van der Waals surface area contributed by atoms with Crippen LogP contribution < -0.4 is 0 Å². The average Bonchev–Trinajstić information content (AvgIpc) is 3.16. The lowest BCUT2D eigenvalue weighted by Gasteiger charge is -2.19. The molecule has 6 heteroatoms. The zero-order chi connectivity index (χ0) is 22.7. The van der Waals surface area contributed by atoms with Crippen LogP contribution >= 0.6 is 0 Å². The number of Topliss-reactive ketones (excluding diaryl/α,β-unsaturated/α-hetero) is 1. The minimum absolute atomic E-state index is 0.0692. The summed E-state index contributed by atoms with van der Waals surface area (Å²) in [7, 11) is 0. The zero-order valence-electron chi connectivity index (χ0n) is 18.9. The summed E-state index contributed by atoms with van der Waals surface area (Å²) in [5, 5.41) is 4.08. The van der Waals surface area contributed by atoms with Crippen molar-refractivity contribution in [3.63, 3.8) is 0 Å². The van der Waals surface area contributed by atoms with Crippen LogP contribution in [0.3, 0.4) is 0 Å². The largest absolute Gasteiger partial charge is 0.342 e. The van der Waals surface area contributed by atoms with Gasteiger partial charge < -0.3 is 9.42 Å². The maximum Gasteiger partial charge on any atom is 0.227 e. The first-order valence-electron chi connectivity index (χ1n) is 11.2. The van der Waals surface area contributed by atoms with Crippen LogP contribution in [0.5, 0.6) is 0 Å². The van der Waals surface area contributed by atoms with Gasteiger partial charge in [0.15, 0.2) is 5.78 Å². The molecule has 0 saturated carbocycles. The van der Waals surface area contributed by atoms with Crippen molar-refractivity contribution in [2.45, 2.75) is 52.4 Å². The lowest BCUT2D eigenvalue weighted by atomic mass is 9.99. The molecule has 0 atom stereocenters. The van der Waals surface area contributed by atoms with Gasteiger partial charge in [0, 0.05) is 37.1 Å². The van der Waals surface area contributed by atoms with E-state index in [1.807, 2.05) is 35.2 Å². The maximum atomic E-state index is 12.8. The number of aromatic nitrogens is 2. The second-order valence-electron chi connectivity index (χ2n) is 8.71. The van der Waals surface area contributed by atoms with Gasteiger partial charge in [0.2, 0.25) is 17.6 Å². The van der Waals surface area contributed by atoms with Gasteiger partial charge in [0.1, 0.15) is 0 Å². The van der Waals surface area contributed by atoms with Crippen molar-refractivity contribution in [1.29, 1.82) is 0 Å². The standard InChI is InChI=1S/C26H29N3O3/c1-17(2)19-4-7-21(8-5-19)26-27-24(32-28-26)10-11-25(31)29-14-12-20-6-9-22(18(3)30)16-23(20)13-15-29/h4-9,16-17H,10-15H2,1-3H3. The van der Waals surface area contributed by atoms with Crippen LogP contribution in [0.1, 0.15) is 66.0 Å². The van der Waals surface area contributed by atoms with Crippen molar-refractivity contribution in [2.24, 2.45) is 0 Å². The maximum absolute atomic E-state index is 12.8. The highest BCUT2D eigenvalue weighted by atomic mass is 16.5. The van der Waals surface area contributed by atoms with Gasteiger partial charge in [-0.1, -0.05) is 55.4 Å². The topological polar surface area (TPSA) is 76.3 Å². The molecule has 32 heavy (non-hydrogen) atoms. The van der Waals surface area contributed by atoms with Crippen molar-refractivity contribution < 1.29 is 14.1 Å². The monoisotopic (exact) mass is 431 g/mol. The fraction of sp³-hybridized carbons (Fsp3) is 0.385. The molecule has 2 heterocycles. The number of rotatable bonds is 6. The second kappa shape index (κ2) is 9.47. The Kier molecular flexibility index (Phi) is 6.49. The number of amides is 1. The molecule has 1 amide bonds. The Balaban J connectivity index is 1.34. The average molecular weight is 432 g/mol. The van der Waals surface area contributed by atoms with Crippen LogP contribution in [0.25, 0.3) is 11.4 Å². The van der Waals surface area contributed by atoms with Crippen molar-refractivity contribution in [2.75, 3.05) is 13.1 Å². The SMILES string of the molecule is CC(=O)c1ccc2c(c1)CCN(C(=O)CCc1nc(-c3ccc(C(C)C)cc3)no1)CC2. The summed E-state index contributed by atoms with van der Waals surface area (Å²) in [5.41, 5.74) is 5.29. The predicted octanol–water partition coefficient (Wildman–Crippen LogP) is 4.62. The number of nitrogens with zero attached hydrogens (tertiary/aromatic N) is 3. The van der Waals surface area contributed by atoms with Crippen molar-refractivity contribution in [3.8, 4) is 11.4 Å². The number of aryl methyl sites for hydroxylation is 1. The fourth-order valence-electron chi connectivity index (χ4n) is 4.06. The minimum Gasteiger partial charge on any atom is -0.342 e. The summed E-state index contributed by atoms with van der Waals surface area (Å²) in [6.45, 7) is 7.24. The highest BCUT2D eigenvalue weighted by Gasteiger charge is 2.20. The third kappa shape index (κ3) is 4.96. The van der Waals surface area contributed by atoms with Crippen LogP contribution in [0.2, 0.25) is 0 Å². The molecular formula is C26H29N3O3. The summed E-state index contributed by atoms with van der Waals surface area (Å²) in [5.74, 6) is 1.66. The third-order valence-electron chi connectivity index (χ3n) is 6.12. The number of hydrogen-bond donors (Lipinski definition) is 0. The summed E-state index contributed by atoms with van der Waals surface area (Å²) in [6, 6.07) is 14.0. The van der Waals surface area contributed by atoms with Crippen LogP contribution in [-0.2, 0) is 24.1 Å². The van der Waals surface area contributed by atoms with Crippen LogP contribution in [0, 0.1) is 0 Å². The van der Waals surface area contributed by atoms with Gasteiger partial charge in [-0.15, -0.1) is 0 Å². The quantitative estimate of drug-likeness (QED) is 0.532. The smallest absolute Gasteiger partial charge is 0.227 e. The Morgan fingerprint density at radius 1 is 1.03 bits per heavy atom. The normalized spacial score (nSPS) is 13.7. The number of ketones is 1. The minimum atomic E-state index is 0.0692. The molecule has 0 radical (unpaired) electrons. The molecule has 0 fully saturated rings. The van der Waals surface area contributed by atoms with E-state index in [1.165, 1.54) is 11.1 Å². The van der Waals surface area contributed by atoms with E-state index in [0.29, 0.717) is 43.6 Å². The molecule has 0 aliphatic carbocycles. The van der Waals surface area contributed by atoms with Crippen LogP contribution in [0.15, 0.2) is 47.0 Å². The summed E-state index contributed by atoms with van der Waals surface area (Å²) in [6.07, 6.45) is 2.33. The van der Waals surface area contributed by atoms with E-state index in [9.17, 15) is 9.59 Å². The second-order valence-corrected chi connectivity index (χ2v) is 8.71. The molecule has 2 aromatic carbocycles. The zero-order valence-corrected chi connectivity index (χ0v) is 18.9. The number of benzene rings is 2. The Morgan fingerprint density at radius 3 is 2.44 bits per heavy atom. The summed E-state index contributed by atoms with van der Waals surface area (Å²) in [4.78, 5) is 30.8. The van der Waals surface area contributed by atoms with Gasteiger partial charge in [-0.05, 0) is 48.4 Å². The molecule has 0 N–H and O–H groups in total. The van der Waals surface area contributed by atoms with E-state index in [0.717, 1.165) is 29.5 Å². The molecule has 3 aromatic rings. The Hall–Kier alpha value is -3.28. The first-order valence-corrected chi connectivity index (χ1v) is 11.2. The molecule has 1 aromatic heterocycles. The van der Waals surface area contributed by atoms with Gasteiger partial charge in [0.05, 0.1) is 0 Å². The Bertz CT molecular complexity index is 1120. The fourth-order valence-corrected chi connectivity index (χ4v) is 4.06. The van der Waals surface area contributed by atoms with Crippen LogP contribution in [0.4, 0.5) is 0 Å². The first-order chi connectivity index (χ1) is 15.4. The molecule has 1 aliphatic heterocycles. The molecule has 0 unspecified atom stereocenters. The van der Waals surface area contributed by atoms with Gasteiger partial charge in [-0.2, -0.15) is 4.98 Å². The molecule has 4 rings (SSSR count). The number of hydrogen-bond acceptors (Lipinski definition) is 5. The predicted molar refractivity (Wildman–Crippen MR) is 123 cm³/mol. The van der Waals surface area contributed by atoms with Gasteiger partial charge >= 0.3 is 0 Å². The lowest BCUT2D eigenvalue weighted by Crippen LogP contribution is -2.33. The first kappa shape index (κ1) is 21.9. The van der Waals surface area contributed by atoms with E-state index >= 15 is 0 Å². The molecule has 0 saturated heterocycles. The van der Waals surface area contributed by atoms with Crippen LogP contribution in [-0.4, -0.2) is 39.8 Å². The van der Waals surface area contributed by atoms with Crippen molar-refractivity contribution >= 4 is 11.7 Å². The van der Waals surface area contributed by atoms with Gasteiger partial charge in [-0.25, -0.2) is 0 Å². The highest BCUT2D eigenvalue weighted by Crippen LogP contribution is 2.22. The molecular weight excluding hydrogens is 402 g/mol. The number of carbonyl (C=O) groups is 2. The van der Waals surface area contributed by atoms with Crippen molar-refractivity contribution in [3.05, 3.63) is 70.6 Å². The molecule has 0 spiro atoms. The van der Waals surface area contributed by atoms with E-state index in [1.54, 1.807) is 6.92 Å². The van der Waals surface area contributed by atoms with Crippen molar-refractivity contribution in [1.82, 2.24) is 15.0 Å². The van der Waals surface area contributed by atoms with E-state index in [-0.39, 0.29) is 11.7 Å². The number of carbonyl (C=O) groups excluding carboxylic acids is 2. The highest BCUT2D eigenvalue weighted by molar-refractivity contribution is 5.94. The molecule has 166 valence electrons. The van der Waals surface area contributed by atoms with E-state index < -0.39 is 0 Å². The molecule has 0 bridgehead atoms. The summed E-state index contributed by atoms with van der Waals surface area (Å²) < 4.78 is 5.38. The summed E-state index contributed by atoms with van der Waals surface area (Å²) >= 11 is 0. The third-order valence-corrected chi connectivity index (χ3v) is 6.12. The molecule has 1 aliphatic rings. The van der Waals surface area contributed by atoms with E-state index in [2.05, 4.69) is 36.1 Å². The number of fused-ring (bicyclic) bond motifs is 1. The molecule has 6 nitrogen and oxygen atoms in total. The van der Waals surface area contributed by atoms with Gasteiger partial charge in [-0.3, -0.25) is 9.59 Å². The Morgan fingerprint density at radius 2 is 1.75 bits per heavy atom. The van der Waals surface area contributed by atoms with Gasteiger partial charge in [0.25, 0.3) is 0 Å². The Labute approximate surface area is 188 Å². The lowest BCUT2D eigenvalue weighted by molar-refractivity contribution is -0.131.